The van der Waals surface area contributed by atoms with Crippen LogP contribution in [0.15, 0.2) is 70.1 Å². The molecule has 1 saturated heterocycles. The van der Waals surface area contributed by atoms with Crippen molar-refractivity contribution in [2.75, 3.05) is 18.8 Å². The van der Waals surface area contributed by atoms with Gasteiger partial charge >= 0.3 is 0 Å². The normalized spacial score (nSPS) is 19.1. The van der Waals surface area contributed by atoms with E-state index >= 15 is 0 Å². The number of aromatic nitrogens is 2. The second-order valence-electron chi connectivity index (χ2n) is 7.01. The third-order valence-electron chi connectivity index (χ3n) is 5.09. The predicted octanol–water partition coefficient (Wildman–Crippen LogP) is 4.27. The van der Waals surface area contributed by atoms with Gasteiger partial charge in [0, 0.05) is 36.1 Å². The summed E-state index contributed by atoms with van der Waals surface area (Å²) < 4.78 is 5.46. The lowest BCUT2D eigenvalue weighted by Crippen LogP contribution is -2.29. The minimum absolute atomic E-state index is 0.0364. The van der Waals surface area contributed by atoms with Crippen molar-refractivity contribution in [3.05, 3.63) is 77.9 Å². The van der Waals surface area contributed by atoms with Crippen LogP contribution in [0.1, 0.15) is 35.5 Å². The Morgan fingerprint density at radius 3 is 2.43 bits per heavy atom. The summed E-state index contributed by atoms with van der Waals surface area (Å²) in [5.74, 6) is 2.43. The average Bonchev–Trinajstić information content (AvgIpc) is 3.36. The minimum atomic E-state index is 0.0364. The quantitative estimate of drug-likeness (QED) is 0.585. The van der Waals surface area contributed by atoms with Gasteiger partial charge in [0.2, 0.25) is 11.8 Å². The Morgan fingerprint density at radius 2 is 1.75 bits per heavy atom. The average molecular weight is 394 g/mol. The Bertz CT molecular complexity index is 914. The highest BCUT2D eigenvalue weighted by atomic mass is 32.2. The van der Waals surface area contributed by atoms with E-state index in [0.717, 1.165) is 5.75 Å². The Morgan fingerprint density at radius 1 is 1.07 bits per heavy atom. The molecule has 0 saturated carbocycles. The summed E-state index contributed by atoms with van der Waals surface area (Å²) in [5, 5.41) is 3.95. The molecule has 3 aromatic rings. The van der Waals surface area contributed by atoms with Crippen LogP contribution in [0.25, 0.3) is 0 Å². The van der Waals surface area contributed by atoms with Gasteiger partial charge in [0.15, 0.2) is 5.82 Å². The lowest BCUT2D eigenvalue weighted by atomic mass is 9.89. The van der Waals surface area contributed by atoms with Gasteiger partial charge in [-0.15, -0.1) is 11.8 Å². The molecule has 5 nitrogen and oxygen atoms in total. The van der Waals surface area contributed by atoms with Crippen LogP contribution in [-0.2, 0) is 4.79 Å². The zero-order valence-corrected chi connectivity index (χ0v) is 16.6. The monoisotopic (exact) mass is 393 g/mol. The SMILES string of the molecule is Cc1noc([C@H]2CN(C(=O)CCSc3ccccc3)C[C@H]2c2ccccc2)n1. The molecule has 6 heteroatoms. The highest BCUT2D eigenvalue weighted by molar-refractivity contribution is 7.99. The van der Waals surface area contributed by atoms with Gasteiger partial charge in [-0.1, -0.05) is 53.7 Å². The number of hydrogen-bond donors (Lipinski definition) is 0. The van der Waals surface area contributed by atoms with Crippen LogP contribution < -0.4 is 0 Å². The number of hydrogen-bond acceptors (Lipinski definition) is 5. The zero-order valence-electron chi connectivity index (χ0n) is 15.8. The molecule has 1 aliphatic rings. The van der Waals surface area contributed by atoms with Crippen LogP contribution in [-0.4, -0.2) is 39.8 Å². The van der Waals surface area contributed by atoms with Gasteiger partial charge in [0.25, 0.3) is 0 Å². The van der Waals surface area contributed by atoms with E-state index in [1.54, 1.807) is 11.8 Å². The first-order chi connectivity index (χ1) is 13.7. The molecule has 1 fully saturated rings. The van der Waals surface area contributed by atoms with Gasteiger partial charge < -0.3 is 9.42 Å². The molecule has 0 N–H and O–H groups in total. The van der Waals surface area contributed by atoms with Crippen LogP contribution in [0, 0.1) is 6.92 Å². The van der Waals surface area contributed by atoms with Crippen LogP contribution in [0.3, 0.4) is 0 Å². The fourth-order valence-electron chi connectivity index (χ4n) is 3.69. The van der Waals surface area contributed by atoms with E-state index in [9.17, 15) is 4.79 Å². The Balaban J connectivity index is 1.44. The van der Waals surface area contributed by atoms with Crippen molar-refractivity contribution in [3.63, 3.8) is 0 Å². The van der Waals surface area contributed by atoms with Crippen LogP contribution in [0.5, 0.6) is 0 Å². The van der Waals surface area contributed by atoms with Crippen molar-refractivity contribution in [3.8, 4) is 0 Å². The van der Waals surface area contributed by atoms with Crippen molar-refractivity contribution >= 4 is 17.7 Å². The molecule has 0 bridgehead atoms. The molecule has 0 spiro atoms. The fraction of sp³-hybridized carbons (Fsp3) is 0.318. The van der Waals surface area contributed by atoms with Crippen LogP contribution in [0.4, 0.5) is 0 Å². The predicted molar refractivity (Wildman–Crippen MR) is 109 cm³/mol. The van der Waals surface area contributed by atoms with Gasteiger partial charge in [-0.05, 0) is 24.6 Å². The van der Waals surface area contributed by atoms with E-state index < -0.39 is 0 Å². The Kier molecular flexibility index (Phi) is 5.76. The third-order valence-corrected chi connectivity index (χ3v) is 6.10. The number of carbonyl (C=O) groups is 1. The molecule has 0 aliphatic carbocycles. The van der Waals surface area contributed by atoms with Gasteiger partial charge in [-0.2, -0.15) is 4.98 Å². The molecule has 1 aromatic heterocycles. The van der Waals surface area contributed by atoms with Crippen molar-refractivity contribution in [2.45, 2.75) is 30.1 Å². The van der Waals surface area contributed by atoms with E-state index in [4.69, 9.17) is 4.52 Å². The first-order valence-electron chi connectivity index (χ1n) is 9.51. The summed E-state index contributed by atoms with van der Waals surface area (Å²) in [7, 11) is 0. The lowest BCUT2D eigenvalue weighted by molar-refractivity contribution is -0.129. The molecular weight excluding hydrogens is 370 g/mol. The fourth-order valence-corrected chi connectivity index (χ4v) is 4.55. The van der Waals surface area contributed by atoms with E-state index in [1.807, 2.05) is 48.2 Å². The number of nitrogens with zero attached hydrogens (tertiary/aromatic N) is 3. The summed E-state index contributed by atoms with van der Waals surface area (Å²) >= 11 is 1.72. The maximum Gasteiger partial charge on any atom is 0.232 e. The lowest BCUT2D eigenvalue weighted by Gasteiger charge is -2.16. The van der Waals surface area contributed by atoms with Crippen molar-refractivity contribution in [1.82, 2.24) is 15.0 Å². The molecule has 2 heterocycles. The molecule has 0 unspecified atom stereocenters. The zero-order chi connectivity index (χ0) is 19.3. The molecule has 2 aromatic carbocycles. The second-order valence-corrected chi connectivity index (χ2v) is 8.18. The van der Waals surface area contributed by atoms with Crippen molar-refractivity contribution in [1.29, 1.82) is 0 Å². The van der Waals surface area contributed by atoms with Gasteiger partial charge in [0.1, 0.15) is 0 Å². The molecule has 4 rings (SSSR count). The first kappa shape index (κ1) is 18.7. The summed E-state index contributed by atoms with van der Waals surface area (Å²) in [5.41, 5.74) is 1.21. The van der Waals surface area contributed by atoms with E-state index in [1.165, 1.54) is 10.5 Å². The number of likely N-dealkylation sites (tertiary alicyclic amines) is 1. The molecule has 0 radical (unpaired) electrons. The molecule has 2 atom stereocenters. The van der Waals surface area contributed by atoms with E-state index in [2.05, 4.69) is 34.4 Å². The number of benzene rings is 2. The first-order valence-corrected chi connectivity index (χ1v) is 10.5. The maximum atomic E-state index is 12.8. The Labute approximate surface area is 169 Å². The third kappa shape index (κ3) is 4.28. The maximum absolute atomic E-state index is 12.8. The van der Waals surface area contributed by atoms with Crippen LogP contribution >= 0.6 is 11.8 Å². The number of rotatable bonds is 6. The molecule has 144 valence electrons. The van der Waals surface area contributed by atoms with Crippen LogP contribution in [0.2, 0.25) is 0 Å². The van der Waals surface area contributed by atoms with Crippen molar-refractivity contribution in [2.24, 2.45) is 0 Å². The summed E-state index contributed by atoms with van der Waals surface area (Å²) in [6, 6.07) is 20.5. The number of aryl methyl sites for hydroxylation is 1. The standard InChI is InChI=1S/C22H23N3O2S/c1-16-23-22(27-24-16)20-15-25(14-19(20)17-8-4-2-5-9-17)21(26)12-13-28-18-10-6-3-7-11-18/h2-11,19-20H,12-15H2,1H3/t19-,20-/m0/s1. The largest absolute Gasteiger partial charge is 0.341 e. The summed E-state index contributed by atoms with van der Waals surface area (Å²) in [6.07, 6.45) is 0.524. The van der Waals surface area contributed by atoms with E-state index in [-0.39, 0.29) is 17.7 Å². The second kappa shape index (κ2) is 8.61. The minimum Gasteiger partial charge on any atom is -0.341 e. The molecule has 28 heavy (non-hydrogen) atoms. The smallest absolute Gasteiger partial charge is 0.232 e. The number of amides is 1. The summed E-state index contributed by atoms with van der Waals surface area (Å²) in [6.45, 7) is 3.13. The van der Waals surface area contributed by atoms with Gasteiger partial charge in [-0.3, -0.25) is 4.79 Å². The Hall–Kier alpha value is -2.60. The highest BCUT2D eigenvalue weighted by Gasteiger charge is 2.39. The number of thioether (sulfide) groups is 1. The summed E-state index contributed by atoms with van der Waals surface area (Å²) in [4.78, 5) is 20.4. The van der Waals surface area contributed by atoms with Gasteiger partial charge in [0.05, 0.1) is 5.92 Å². The molecule has 1 amide bonds. The molecular formula is C22H23N3O2S. The van der Waals surface area contributed by atoms with Crippen molar-refractivity contribution < 1.29 is 9.32 Å². The van der Waals surface area contributed by atoms with E-state index in [0.29, 0.717) is 31.2 Å². The molecule has 1 aliphatic heterocycles. The van der Waals surface area contributed by atoms with Gasteiger partial charge in [-0.25, -0.2) is 0 Å². The number of carbonyl (C=O) groups excluding carboxylic acids is 1. The topological polar surface area (TPSA) is 59.2 Å². The highest BCUT2D eigenvalue weighted by Crippen LogP contribution is 2.39.